The SMILES string of the molecule is COc1cc(C)ccc1C(O)c1ccc(F)cc1. The molecule has 0 amide bonds. The van der Waals surface area contributed by atoms with E-state index in [9.17, 15) is 9.50 Å². The number of rotatable bonds is 3. The molecular formula is C15H15FO2. The van der Waals surface area contributed by atoms with Gasteiger partial charge >= 0.3 is 0 Å². The Bertz CT molecular complexity index is 535. The van der Waals surface area contributed by atoms with Gasteiger partial charge in [0.1, 0.15) is 17.7 Å². The minimum atomic E-state index is -0.818. The van der Waals surface area contributed by atoms with Gasteiger partial charge in [-0.25, -0.2) is 4.39 Å². The molecule has 0 radical (unpaired) electrons. The lowest BCUT2D eigenvalue weighted by molar-refractivity contribution is 0.214. The Hall–Kier alpha value is -1.87. The fraction of sp³-hybridized carbons (Fsp3) is 0.200. The molecule has 2 nitrogen and oxygen atoms in total. The molecule has 0 saturated carbocycles. The lowest BCUT2D eigenvalue weighted by Gasteiger charge is -2.15. The summed E-state index contributed by atoms with van der Waals surface area (Å²) in [5.74, 6) is 0.314. The van der Waals surface area contributed by atoms with E-state index in [1.165, 1.54) is 12.1 Å². The van der Waals surface area contributed by atoms with Crippen LogP contribution in [0.5, 0.6) is 5.75 Å². The third-order valence-electron chi connectivity index (χ3n) is 2.87. The fourth-order valence-corrected chi connectivity index (χ4v) is 1.87. The molecule has 2 aromatic rings. The first-order valence-electron chi connectivity index (χ1n) is 5.70. The number of aliphatic hydroxyl groups is 1. The van der Waals surface area contributed by atoms with Crippen molar-refractivity contribution in [2.75, 3.05) is 7.11 Å². The van der Waals surface area contributed by atoms with Gasteiger partial charge in [0.05, 0.1) is 7.11 Å². The molecule has 0 heterocycles. The molecule has 1 N–H and O–H groups in total. The highest BCUT2D eigenvalue weighted by molar-refractivity contribution is 5.42. The van der Waals surface area contributed by atoms with E-state index in [1.807, 2.05) is 25.1 Å². The lowest BCUT2D eigenvalue weighted by Crippen LogP contribution is -2.02. The average Bonchev–Trinajstić information content (AvgIpc) is 2.38. The summed E-state index contributed by atoms with van der Waals surface area (Å²) in [6.45, 7) is 1.95. The van der Waals surface area contributed by atoms with Crippen molar-refractivity contribution in [1.82, 2.24) is 0 Å². The van der Waals surface area contributed by atoms with Gasteiger partial charge < -0.3 is 9.84 Å². The zero-order valence-corrected chi connectivity index (χ0v) is 10.4. The summed E-state index contributed by atoms with van der Waals surface area (Å²) in [5, 5.41) is 10.3. The van der Waals surface area contributed by atoms with Crippen LogP contribution in [0, 0.1) is 12.7 Å². The largest absolute Gasteiger partial charge is 0.496 e. The first kappa shape index (κ1) is 12.6. The van der Waals surface area contributed by atoms with E-state index >= 15 is 0 Å². The zero-order valence-electron chi connectivity index (χ0n) is 10.4. The molecule has 0 aromatic heterocycles. The van der Waals surface area contributed by atoms with Crippen LogP contribution in [-0.4, -0.2) is 12.2 Å². The number of hydrogen-bond acceptors (Lipinski definition) is 2. The number of hydrogen-bond donors (Lipinski definition) is 1. The van der Waals surface area contributed by atoms with Crippen LogP contribution in [0.3, 0.4) is 0 Å². The van der Waals surface area contributed by atoms with Gasteiger partial charge in [-0.3, -0.25) is 0 Å². The van der Waals surface area contributed by atoms with Gasteiger partial charge in [-0.05, 0) is 36.2 Å². The predicted octanol–water partition coefficient (Wildman–Crippen LogP) is 3.22. The Labute approximate surface area is 106 Å². The van der Waals surface area contributed by atoms with E-state index in [0.717, 1.165) is 5.56 Å². The molecule has 0 aliphatic rings. The molecule has 1 atom stereocenters. The first-order chi connectivity index (χ1) is 8.61. The summed E-state index contributed by atoms with van der Waals surface area (Å²) in [6.07, 6.45) is -0.818. The lowest BCUT2D eigenvalue weighted by atomic mass is 9.99. The molecule has 1 unspecified atom stereocenters. The molecule has 0 saturated heterocycles. The predicted molar refractivity (Wildman–Crippen MR) is 68.2 cm³/mol. The molecule has 2 rings (SSSR count). The van der Waals surface area contributed by atoms with Crippen LogP contribution in [0.2, 0.25) is 0 Å². The third-order valence-corrected chi connectivity index (χ3v) is 2.87. The van der Waals surface area contributed by atoms with Gasteiger partial charge in [-0.2, -0.15) is 0 Å². The second-order valence-electron chi connectivity index (χ2n) is 4.20. The second kappa shape index (κ2) is 5.19. The zero-order chi connectivity index (χ0) is 13.1. The normalized spacial score (nSPS) is 12.2. The van der Waals surface area contributed by atoms with Gasteiger partial charge in [0.15, 0.2) is 0 Å². The van der Waals surface area contributed by atoms with Crippen molar-refractivity contribution in [2.45, 2.75) is 13.0 Å². The minimum Gasteiger partial charge on any atom is -0.496 e. The van der Waals surface area contributed by atoms with Gasteiger partial charge in [0.2, 0.25) is 0 Å². The van der Waals surface area contributed by atoms with E-state index in [4.69, 9.17) is 4.74 Å². The third kappa shape index (κ3) is 2.51. The van der Waals surface area contributed by atoms with Crippen LogP contribution in [0.4, 0.5) is 4.39 Å². The Morgan fingerprint density at radius 3 is 2.39 bits per heavy atom. The maximum Gasteiger partial charge on any atom is 0.125 e. The Balaban J connectivity index is 2.39. The summed E-state index contributed by atoms with van der Waals surface area (Å²) < 4.78 is 18.1. The quantitative estimate of drug-likeness (QED) is 0.901. The maximum atomic E-state index is 12.8. The molecular weight excluding hydrogens is 231 g/mol. The van der Waals surface area contributed by atoms with Gasteiger partial charge in [-0.15, -0.1) is 0 Å². The van der Waals surface area contributed by atoms with Gasteiger partial charge in [-0.1, -0.05) is 24.3 Å². The fourth-order valence-electron chi connectivity index (χ4n) is 1.87. The molecule has 0 fully saturated rings. The number of aliphatic hydroxyl groups excluding tert-OH is 1. The van der Waals surface area contributed by atoms with E-state index in [0.29, 0.717) is 16.9 Å². The Morgan fingerprint density at radius 2 is 1.78 bits per heavy atom. The maximum absolute atomic E-state index is 12.8. The number of aryl methyl sites for hydroxylation is 1. The van der Waals surface area contributed by atoms with Crippen LogP contribution in [0.1, 0.15) is 22.8 Å². The average molecular weight is 246 g/mol. The summed E-state index contributed by atoms with van der Waals surface area (Å²) in [5.41, 5.74) is 2.37. The van der Waals surface area contributed by atoms with Crippen molar-refractivity contribution in [3.63, 3.8) is 0 Å². The smallest absolute Gasteiger partial charge is 0.125 e. The van der Waals surface area contributed by atoms with Gasteiger partial charge in [0, 0.05) is 5.56 Å². The molecule has 3 heteroatoms. The molecule has 0 bridgehead atoms. The molecule has 0 aliphatic carbocycles. The van der Waals surface area contributed by atoms with E-state index in [-0.39, 0.29) is 5.82 Å². The van der Waals surface area contributed by atoms with Crippen LogP contribution >= 0.6 is 0 Å². The van der Waals surface area contributed by atoms with Crippen molar-refractivity contribution in [3.05, 3.63) is 65.0 Å². The molecule has 0 aliphatic heterocycles. The highest BCUT2D eigenvalue weighted by atomic mass is 19.1. The molecule has 0 spiro atoms. The van der Waals surface area contributed by atoms with Crippen LogP contribution < -0.4 is 4.74 Å². The highest BCUT2D eigenvalue weighted by Gasteiger charge is 2.15. The van der Waals surface area contributed by atoms with Crippen molar-refractivity contribution < 1.29 is 14.2 Å². The van der Waals surface area contributed by atoms with Gasteiger partial charge in [0.25, 0.3) is 0 Å². The summed E-state index contributed by atoms with van der Waals surface area (Å²) in [7, 11) is 1.57. The summed E-state index contributed by atoms with van der Waals surface area (Å²) in [4.78, 5) is 0. The van der Waals surface area contributed by atoms with E-state index < -0.39 is 6.10 Å². The van der Waals surface area contributed by atoms with E-state index in [2.05, 4.69) is 0 Å². The Morgan fingerprint density at radius 1 is 1.11 bits per heavy atom. The molecule has 94 valence electrons. The number of halogens is 1. The number of ether oxygens (including phenoxy) is 1. The molecule has 2 aromatic carbocycles. The second-order valence-corrected chi connectivity index (χ2v) is 4.20. The van der Waals surface area contributed by atoms with Crippen molar-refractivity contribution in [3.8, 4) is 5.75 Å². The molecule has 18 heavy (non-hydrogen) atoms. The van der Waals surface area contributed by atoms with Crippen molar-refractivity contribution in [1.29, 1.82) is 0 Å². The Kier molecular flexibility index (Phi) is 3.63. The summed E-state index contributed by atoms with van der Waals surface area (Å²) in [6, 6.07) is 11.4. The van der Waals surface area contributed by atoms with Crippen LogP contribution in [0.15, 0.2) is 42.5 Å². The first-order valence-corrected chi connectivity index (χ1v) is 5.70. The highest BCUT2D eigenvalue weighted by Crippen LogP contribution is 2.30. The van der Waals surface area contributed by atoms with E-state index in [1.54, 1.807) is 19.2 Å². The summed E-state index contributed by atoms with van der Waals surface area (Å²) >= 11 is 0. The standard InChI is InChI=1S/C15H15FO2/c1-10-3-8-13(14(9-10)18-2)15(17)11-4-6-12(16)7-5-11/h3-9,15,17H,1-2H3. The van der Waals surface area contributed by atoms with Crippen molar-refractivity contribution in [2.24, 2.45) is 0 Å². The number of methoxy groups -OCH3 is 1. The van der Waals surface area contributed by atoms with Crippen LogP contribution in [-0.2, 0) is 0 Å². The van der Waals surface area contributed by atoms with Crippen molar-refractivity contribution >= 4 is 0 Å². The number of benzene rings is 2. The topological polar surface area (TPSA) is 29.5 Å². The van der Waals surface area contributed by atoms with Crippen LogP contribution in [0.25, 0.3) is 0 Å². The minimum absolute atomic E-state index is 0.318. The monoisotopic (exact) mass is 246 g/mol.